The predicted molar refractivity (Wildman–Crippen MR) is 101 cm³/mol. The molecule has 2 N–H and O–H groups in total. The Kier molecular flexibility index (Phi) is 6.89. The van der Waals surface area contributed by atoms with Crippen molar-refractivity contribution in [3.05, 3.63) is 70.8 Å². The summed E-state index contributed by atoms with van der Waals surface area (Å²) in [6.45, 7) is 1.64. The quantitative estimate of drug-likeness (QED) is 0.820. The summed E-state index contributed by atoms with van der Waals surface area (Å²) >= 11 is 0. The minimum Gasteiger partial charge on any atom is -0.339 e. The summed E-state index contributed by atoms with van der Waals surface area (Å²) in [6, 6.07) is 12.6. The van der Waals surface area contributed by atoms with Gasteiger partial charge in [-0.15, -0.1) is 12.4 Å². The molecule has 1 amide bonds. The van der Waals surface area contributed by atoms with Crippen molar-refractivity contribution >= 4 is 18.3 Å². The lowest BCUT2D eigenvalue weighted by molar-refractivity contribution is -0.137. The first-order chi connectivity index (χ1) is 12.4. The number of nitrogens with zero attached hydrogens (tertiary/aromatic N) is 1. The molecular weight excluding hydrogens is 377 g/mol. The molecule has 1 fully saturated rings. The molecule has 1 aliphatic heterocycles. The molecule has 0 aliphatic carbocycles. The zero-order valence-corrected chi connectivity index (χ0v) is 15.5. The molecule has 0 spiro atoms. The van der Waals surface area contributed by atoms with Crippen molar-refractivity contribution in [2.75, 3.05) is 13.1 Å². The number of hydrogen-bond acceptors (Lipinski definition) is 2. The molecule has 2 aromatic carbocycles. The first-order valence-corrected chi connectivity index (χ1v) is 8.64. The second-order valence-electron chi connectivity index (χ2n) is 6.59. The number of amides is 1. The molecule has 0 saturated carbocycles. The van der Waals surface area contributed by atoms with E-state index in [0.29, 0.717) is 25.2 Å². The van der Waals surface area contributed by atoms with Crippen LogP contribution in [0.1, 0.15) is 45.8 Å². The second kappa shape index (κ2) is 8.76. The standard InChI is InChI=1S/C20H21F3N2O.ClH/c21-20(22,23)18-7-5-15(6-8-18)16-9-11-25(12-10-16)19(26)17-3-1-14(13-24)2-4-17;/h1-8,16H,9-13,24H2;1H. The van der Waals surface area contributed by atoms with Gasteiger partial charge in [0, 0.05) is 25.2 Å². The minimum atomic E-state index is -4.31. The third kappa shape index (κ3) is 5.02. The van der Waals surface area contributed by atoms with Crippen LogP contribution in [0.25, 0.3) is 0 Å². The first-order valence-electron chi connectivity index (χ1n) is 8.64. The van der Waals surface area contributed by atoms with Gasteiger partial charge in [0.15, 0.2) is 0 Å². The van der Waals surface area contributed by atoms with E-state index in [1.165, 1.54) is 0 Å². The SMILES string of the molecule is Cl.NCc1ccc(C(=O)N2CCC(c3ccc(C(F)(F)F)cc3)CC2)cc1. The van der Waals surface area contributed by atoms with Gasteiger partial charge in [-0.25, -0.2) is 0 Å². The summed E-state index contributed by atoms with van der Waals surface area (Å²) < 4.78 is 38.0. The van der Waals surface area contributed by atoms with Crippen LogP contribution in [0.4, 0.5) is 13.2 Å². The minimum absolute atomic E-state index is 0. The highest BCUT2D eigenvalue weighted by Crippen LogP contribution is 2.33. The van der Waals surface area contributed by atoms with E-state index in [1.54, 1.807) is 29.2 Å². The van der Waals surface area contributed by atoms with Crippen molar-refractivity contribution in [1.29, 1.82) is 0 Å². The first kappa shape index (κ1) is 21.3. The van der Waals surface area contributed by atoms with Crippen LogP contribution in [-0.2, 0) is 12.7 Å². The number of likely N-dealkylation sites (tertiary alicyclic amines) is 1. The number of piperidine rings is 1. The van der Waals surface area contributed by atoms with Gasteiger partial charge in [0.05, 0.1) is 5.56 Å². The maximum atomic E-state index is 12.7. The average Bonchev–Trinajstić information content (AvgIpc) is 2.67. The average molecular weight is 399 g/mol. The van der Waals surface area contributed by atoms with Gasteiger partial charge in [-0.3, -0.25) is 4.79 Å². The molecule has 2 aromatic rings. The molecule has 1 saturated heterocycles. The van der Waals surface area contributed by atoms with Gasteiger partial charge in [0.25, 0.3) is 5.91 Å². The van der Waals surface area contributed by atoms with E-state index < -0.39 is 11.7 Å². The van der Waals surface area contributed by atoms with Gasteiger partial charge in [-0.05, 0) is 54.2 Å². The molecule has 0 radical (unpaired) electrons. The van der Waals surface area contributed by atoms with E-state index in [0.717, 1.165) is 36.1 Å². The Morgan fingerprint density at radius 2 is 1.56 bits per heavy atom. The number of carbonyl (C=O) groups excluding carboxylic acids is 1. The Morgan fingerprint density at radius 3 is 2.04 bits per heavy atom. The second-order valence-corrected chi connectivity index (χ2v) is 6.59. The summed E-state index contributed by atoms with van der Waals surface area (Å²) in [6.07, 6.45) is -2.82. The monoisotopic (exact) mass is 398 g/mol. The van der Waals surface area contributed by atoms with Crippen molar-refractivity contribution in [3.8, 4) is 0 Å². The van der Waals surface area contributed by atoms with Crippen molar-refractivity contribution in [2.24, 2.45) is 5.73 Å². The maximum absolute atomic E-state index is 12.7. The summed E-state index contributed by atoms with van der Waals surface area (Å²) in [4.78, 5) is 14.4. The molecule has 0 aromatic heterocycles. The third-order valence-corrected chi connectivity index (χ3v) is 4.93. The topological polar surface area (TPSA) is 46.3 Å². The largest absolute Gasteiger partial charge is 0.416 e. The van der Waals surface area contributed by atoms with Crippen LogP contribution in [0.2, 0.25) is 0 Å². The summed E-state index contributed by atoms with van der Waals surface area (Å²) in [7, 11) is 0. The maximum Gasteiger partial charge on any atom is 0.416 e. The Bertz CT molecular complexity index is 752. The van der Waals surface area contributed by atoms with Gasteiger partial charge < -0.3 is 10.6 Å². The van der Waals surface area contributed by atoms with Crippen LogP contribution >= 0.6 is 12.4 Å². The lowest BCUT2D eigenvalue weighted by atomic mass is 9.88. The zero-order valence-electron chi connectivity index (χ0n) is 14.7. The molecule has 0 bridgehead atoms. The van der Waals surface area contributed by atoms with Gasteiger partial charge in [-0.2, -0.15) is 13.2 Å². The predicted octanol–water partition coefficient (Wildman–Crippen LogP) is 4.61. The fourth-order valence-electron chi connectivity index (χ4n) is 3.33. The smallest absolute Gasteiger partial charge is 0.339 e. The lowest BCUT2D eigenvalue weighted by Gasteiger charge is -2.32. The molecule has 0 unspecified atom stereocenters. The van der Waals surface area contributed by atoms with E-state index in [2.05, 4.69) is 0 Å². The van der Waals surface area contributed by atoms with E-state index in [1.807, 2.05) is 12.1 Å². The van der Waals surface area contributed by atoms with Gasteiger partial charge >= 0.3 is 6.18 Å². The van der Waals surface area contributed by atoms with Gasteiger partial charge in [0.1, 0.15) is 0 Å². The fourth-order valence-corrected chi connectivity index (χ4v) is 3.33. The number of alkyl halides is 3. The molecule has 27 heavy (non-hydrogen) atoms. The van der Waals surface area contributed by atoms with Crippen LogP contribution in [0.5, 0.6) is 0 Å². The molecule has 0 atom stereocenters. The van der Waals surface area contributed by atoms with Crippen LogP contribution in [0.15, 0.2) is 48.5 Å². The summed E-state index contributed by atoms with van der Waals surface area (Å²) in [5, 5.41) is 0. The van der Waals surface area contributed by atoms with E-state index in [-0.39, 0.29) is 24.2 Å². The Labute approximate surface area is 162 Å². The number of rotatable bonds is 3. The highest BCUT2D eigenvalue weighted by Gasteiger charge is 2.31. The normalized spacial score (nSPS) is 15.3. The van der Waals surface area contributed by atoms with Crippen molar-refractivity contribution in [2.45, 2.75) is 31.5 Å². The van der Waals surface area contributed by atoms with E-state index >= 15 is 0 Å². The van der Waals surface area contributed by atoms with Gasteiger partial charge in [-0.1, -0.05) is 24.3 Å². The van der Waals surface area contributed by atoms with E-state index in [4.69, 9.17) is 5.73 Å². The number of benzene rings is 2. The van der Waals surface area contributed by atoms with Crippen molar-refractivity contribution in [1.82, 2.24) is 4.90 Å². The molecule has 1 aliphatic rings. The van der Waals surface area contributed by atoms with Crippen LogP contribution < -0.4 is 5.73 Å². The summed E-state index contributed by atoms with van der Waals surface area (Å²) in [5.74, 6) is 0.167. The molecule has 146 valence electrons. The Hall–Kier alpha value is -2.05. The third-order valence-electron chi connectivity index (χ3n) is 4.93. The highest BCUT2D eigenvalue weighted by atomic mass is 35.5. The molecule has 3 nitrogen and oxygen atoms in total. The van der Waals surface area contributed by atoms with Crippen LogP contribution in [0, 0.1) is 0 Å². The number of nitrogens with two attached hydrogens (primary N) is 1. The molecule has 1 heterocycles. The number of halogens is 4. The van der Waals surface area contributed by atoms with Crippen molar-refractivity contribution in [3.63, 3.8) is 0 Å². The van der Waals surface area contributed by atoms with Crippen molar-refractivity contribution < 1.29 is 18.0 Å². The summed E-state index contributed by atoms with van der Waals surface area (Å²) in [5.41, 5.74) is 7.44. The highest BCUT2D eigenvalue weighted by molar-refractivity contribution is 5.94. The Morgan fingerprint density at radius 1 is 1.00 bits per heavy atom. The van der Waals surface area contributed by atoms with E-state index in [9.17, 15) is 18.0 Å². The number of carbonyl (C=O) groups is 1. The van der Waals surface area contributed by atoms with Crippen LogP contribution in [0.3, 0.4) is 0 Å². The number of hydrogen-bond donors (Lipinski definition) is 1. The Balaban J connectivity index is 0.00000261. The zero-order chi connectivity index (χ0) is 18.7. The molecular formula is C20H22ClF3N2O. The molecule has 7 heteroatoms. The van der Waals surface area contributed by atoms with Crippen LogP contribution in [-0.4, -0.2) is 23.9 Å². The fraction of sp³-hybridized carbons (Fsp3) is 0.350. The lowest BCUT2D eigenvalue weighted by Crippen LogP contribution is -2.37. The van der Waals surface area contributed by atoms with Gasteiger partial charge in [0.2, 0.25) is 0 Å². The molecule has 3 rings (SSSR count).